The van der Waals surface area contributed by atoms with Gasteiger partial charge in [0.15, 0.2) is 25.2 Å². The van der Waals surface area contributed by atoms with E-state index < -0.39 is 161 Å². The molecule has 0 spiro atoms. The molecule has 1 saturated carbocycles. The minimum absolute atomic E-state index is 0.0266. The number of aliphatic hydroxyl groups is 10. The minimum Gasteiger partial charge on any atom is -0.394 e. The molecule has 4 aliphatic heterocycles. The quantitative estimate of drug-likeness (QED) is 0.0877. The number of aliphatic hydroxyl groups excluding tert-OH is 10. The Bertz CT molecular complexity index is 1120. The fourth-order valence-corrected chi connectivity index (χ4v) is 7.16. The van der Waals surface area contributed by atoms with Crippen molar-refractivity contribution in [2.24, 2.45) is 28.7 Å². The molecule has 23 heteroatoms. The van der Waals surface area contributed by atoms with Gasteiger partial charge in [-0.05, 0) is 12.8 Å². The van der Waals surface area contributed by atoms with E-state index in [0.717, 1.165) is 0 Å². The Hall–Kier alpha value is -0.920. The van der Waals surface area contributed by atoms with Gasteiger partial charge in [-0.1, -0.05) is 0 Å². The van der Waals surface area contributed by atoms with Gasteiger partial charge in [-0.15, -0.1) is 0 Å². The lowest BCUT2D eigenvalue weighted by molar-refractivity contribution is -0.348. The van der Waals surface area contributed by atoms with Crippen LogP contribution in [0, 0.1) is 0 Å². The molecule has 0 aromatic rings. The van der Waals surface area contributed by atoms with Gasteiger partial charge in [0.1, 0.15) is 79.4 Å². The SMILES string of the molecule is NC[C@@H]1O[C@H](OC2[C@@H](O)[C@H](O[C@@H]3[C@@H](O)[C@H](N)C[C@H](N)[C@H]3OC3O[C@H](CO)[C@@H](O)CC3N)O[C@@H]2CO)[C@H](N)[C@@H](O)[C@@H]1O[C@H]1O[C@H](CO)[C@@H](O)[C@H](O)[C@@H]1O. The second-order valence-electron chi connectivity index (χ2n) is 13.9. The summed E-state index contributed by atoms with van der Waals surface area (Å²) in [6.45, 7) is -2.26. The smallest absolute Gasteiger partial charge is 0.187 e. The predicted octanol–water partition coefficient (Wildman–Crippen LogP) is -10.0. The Balaban J connectivity index is 1.26. The van der Waals surface area contributed by atoms with Crippen LogP contribution in [0.3, 0.4) is 0 Å². The number of rotatable bonds is 12. The van der Waals surface area contributed by atoms with Crippen LogP contribution < -0.4 is 28.7 Å². The Labute approximate surface area is 297 Å². The topological polar surface area (TPSA) is 406 Å². The summed E-state index contributed by atoms with van der Waals surface area (Å²) in [4.78, 5) is 0. The molecule has 0 aromatic carbocycles. The number of nitrogens with two attached hydrogens (primary N) is 5. The van der Waals surface area contributed by atoms with Crippen molar-refractivity contribution < 1.29 is 89.0 Å². The molecule has 52 heavy (non-hydrogen) atoms. The fraction of sp³-hybridized carbons (Fsp3) is 1.00. The third-order valence-corrected chi connectivity index (χ3v) is 10.3. The molecule has 23 nitrogen and oxygen atoms in total. The van der Waals surface area contributed by atoms with Gasteiger partial charge in [0.2, 0.25) is 0 Å². The van der Waals surface area contributed by atoms with Gasteiger partial charge in [-0.25, -0.2) is 0 Å². The highest BCUT2D eigenvalue weighted by Gasteiger charge is 2.55. The Morgan fingerprint density at radius 3 is 1.60 bits per heavy atom. The minimum atomic E-state index is -1.80. The normalized spacial score (nSPS) is 53.2. The van der Waals surface area contributed by atoms with E-state index in [4.69, 9.17) is 66.6 Å². The Morgan fingerprint density at radius 2 is 0.962 bits per heavy atom. The highest BCUT2D eigenvalue weighted by atomic mass is 16.8. The third kappa shape index (κ3) is 8.57. The van der Waals surface area contributed by atoms with Crippen LogP contribution in [0.5, 0.6) is 0 Å². The van der Waals surface area contributed by atoms with Crippen molar-refractivity contribution in [3.05, 3.63) is 0 Å². The molecule has 0 amide bonds. The molecule has 20 N–H and O–H groups in total. The first-order valence-electron chi connectivity index (χ1n) is 17.2. The van der Waals surface area contributed by atoms with Gasteiger partial charge in [-0.2, -0.15) is 0 Å². The van der Waals surface area contributed by atoms with Crippen molar-refractivity contribution in [1.29, 1.82) is 0 Å². The first-order chi connectivity index (χ1) is 24.6. The predicted molar refractivity (Wildman–Crippen MR) is 168 cm³/mol. The molecule has 3 unspecified atom stereocenters. The van der Waals surface area contributed by atoms with Gasteiger partial charge >= 0.3 is 0 Å². The average Bonchev–Trinajstić information content (AvgIpc) is 3.41. The van der Waals surface area contributed by atoms with Gasteiger partial charge in [0.05, 0.1) is 44.1 Å². The molecule has 4 heterocycles. The third-order valence-electron chi connectivity index (χ3n) is 10.3. The van der Waals surface area contributed by atoms with Gasteiger partial charge in [0, 0.05) is 18.6 Å². The van der Waals surface area contributed by atoms with Crippen molar-refractivity contribution in [3.8, 4) is 0 Å². The van der Waals surface area contributed by atoms with E-state index in [9.17, 15) is 51.1 Å². The van der Waals surface area contributed by atoms with Gasteiger partial charge < -0.3 is 118 Å². The molecule has 23 atom stereocenters. The van der Waals surface area contributed by atoms with E-state index in [-0.39, 0.29) is 19.4 Å². The largest absolute Gasteiger partial charge is 0.394 e. The molecule has 5 fully saturated rings. The molecule has 5 rings (SSSR count). The zero-order valence-corrected chi connectivity index (χ0v) is 28.1. The van der Waals surface area contributed by atoms with Crippen LogP contribution in [-0.2, 0) is 37.9 Å². The molecule has 0 aromatic heterocycles. The van der Waals surface area contributed by atoms with Crippen LogP contribution in [0.25, 0.3) is 0 Å². The highest BCUT2D eigenvalue weighted by Crippen LogP contribution is 2.35. The number of hydrogen-bond donors (Lipinski definition) is 15. The fourth-order valence-electron chi connectivity index (χ4n) is 7.16. The van der Waals surface area contributed by atoms with Crippen LogP contribution in [0.4, 0.5) is 0 Å². The molecular weight excluding hydrogens is 706 g/mol. The van der Waals surface area contributed by atoms with E-state index in [1.54, 1.807) is 0 Å². The lowest BCUT2D eigenvalue weighted by atomic mass is 9.84. The molecule has 5 aliphatic rings. The zero-order valence-electron chi connectivity index (χ0n) is 28.1. The first-order valence-corrected chi connectivity index (χ1v) is 17.2. The molecule has 304 valence electrons. The van der Waals surface area contributed by atoms with Gasteiger partial charge in [-0.3, -0.25) is 0 Å². The summed E-state index contributed by atoms with van der Waals surface area (Å²) in [5.41, 5.74) is 30.8. The summed E-state index contributed by atoms with van der Waals surface area (Å²) in [5.74, 6) is 0. The zero-order chi connectivity index (χ0) is 38.2. The average molecular weight is 762 g/mol. The van der Waals surface area contributed by atoms with E-state index in [1.165, 1.54) is 0 Å². The van der Waals surface area contributed by atoms with Gasteiger partial charge in [0.25, 0.3) is 0 Å². The molecule has 0 bridgehead atoms. The molecule has 0 radical (unpaired) electrons. The van der Waals surface area contributed by atoms with Crippen molar-refractivity contribution in [1.82, 2.24) is 0 Å². The monoisotopic (exact) mass is 761 g/mol. The first kappa shape index (κ1) is 42.2. The van der Waals surface area contributed by atoms with E-state index >= 15 is 0 Å². The Kier molecular flexibility index (Phi) is 14.5. The summed E-state index contributed by atoms with van der Waals surface area (Å²) in [6.07, 6.45) is -26.9. The summed E-state index contributed by atoms with van der Waals surface area (Å²) in [7, 11) is 0. The summed E-state index contributed by atoms with van der Waals surface area (Å²) < 4.78 is 46.4. The number of ether oxygens (including phenoxy) is 8. The maximum Gasteiger partial charge on any atom is 0.187 e. The molecule has 1 aliphatic carbocycles. The number of hydrogen-bond acceptors (Lipinski definition) is 23. The summed E-state index contributed by atoms with van der Waals surface area (Å²) >= 11 is 0. The van der Waals surface area contributed by atoms with E-state index in [0.29, 0.717) is 0 Å². The lowest BCUT2D eigenvalue weighted by Gasteiger charge is -2.47. The van der Waals surface area contributed by atoms with Crippen LogP contribution in [0.15, 0.2) is 0 Å². The van der Waals surface area contributed by atoms with Crippen LogP contribution in [0.1, 0.15) is 12.8 Å². The van der Waals surface area contributed by atoms with E-state index in [1.807, 2.05) is 0 Å². The Morgan fingerprint density at radius 1 is 0.442 bits per heavy atom. The summed E-state index contributed by atoms with van der Waals surface area (Å²) in [6, 6.07) is -4.01. The van der Waals surface area contributed by atoms with Crippen molar-refractivity contribution in [3.63, 3.8) is 0 Å². The summed E-state index contributed by atoms with van der Waals surface area (Å²) in [5, 5.41) is 104. The van der Waals surface area contributed by atoms with E-state index in [2.05, 4.69) is 0 Å². The van der Waals surface area contributed by atoms with Crippen molar-refractivity contribution in [2.75, 3.05) is 26.4 Å². The van der Waals surface area contributed by atoms with Crippen LogP contribution >= 0.6 is 0 Å². The van der Waals surface area contributed by atoms with Crippen molar-refractivity contribution in [2.45, 2.75) is 154 Å². The standard InChI is InChI=1S/C29H55N5O18/c30-3-11-23(51-28-20(43)19(42)17(40)13(5-36)47-28)18(41)15(34)27(45-11)50-24-14(6-37)48-29(21(24)44)52-25-16(39)7(31)1-8(32)22(25)49-26-9(33)2-10(38)12(4-35)46-26/h7-29,35-44H,1-6,30-34H2/t7-,8+,9?,10+,11+,12-,13-,14-,15-,16+,17-,18-,19+,20+,21-,22-,23-,24?,25-,26?,27-,28-,29+/m1/s1. The second-order valence-corrected chi connectivity index (χ2v) is 13.9. The maximum atomic E-state index is 11.4. The highest BCUT2D eigenvalue weighted by molar-refractivity contribution is 5.02. The van der Waals surface area contributed by atoms with Crippen LogP contribution in [-0.4, -0.2) is 218 Å². The second kappa shape index (κ2) is 17.9. The van der Waals surface area contributed by atoms with Crippen molar-refractivity contribution >= 4 is 0 Å². The molecule has 4 saturated heterocycles. The molecular formula is C29H55N5O18. The maximum absolute atomic E-state index is 11.4. The lowest BCUT2D eigenvalue weighted by Crippen LogP contribution is -2.67. The van der Waals surface area contributed by atoms with Crippen LogP contribution in [0.2, 0.25) is 0 Å².